The smallest absolute Gasteiger partial charge is 0.227 e. The second kappa shape index (κ2) is 11.3. The van der Waals surface area contributed by atoms with Gasteiger partial charge in [-0.15, -0.1) is 0 Å². The molecule has 2 aromatic carbocycles. The number of hydrogen-bond acceptors (Lipinski definition) is 5. The monoisotopic (exact) mass is 511 g/mol. The lowest BCUT2D eigenvalue weighted by molar-refractivity contribution is -0.138. The highest BCUT2D eigenvalue weighted by Gasteiger charge is 2.31. The topological polar surface area (TPSA) is 54.0 Å². The van der Waals surface area contributed by atoms with Gasteiger partial charge in [-0.05, 0) is 60.5 Å². The second-order valence-electron chi connectivity index (χ2n) is 10.8. The van der Waals surface area contributed by atoms with Crippen molar-refractivity contribution >= 4 is 23.2 Å². The van der Waals surface area contributed by atoms with Gasteiger partial charge in [0.1, 0.15) is 0 Å². The highest BCUT2D eigenvalue weighted by Crippen LogP contribution is 2.38. The van der Waals surface area contributed by atoms with Crippen LogP contribution in [0.1, 0.15) is 49.8 Å². The summed E-state index contributed by atoms with van der Waals surface area (Å²) in [6, 6.07) is 10.5. The largest absolute Gasteiger partial charge is 0.489 e. The first-order chi connectivity index (χ1) is 17.5. The molecule has 0 saturated carbocycles. The number of halogens is 1. The Morgan fingerprint density at radius 1 is 1.22 bits per heavy atom. The fourth-order valence-electron chi connectivity index (χ4n) is 5.71. The molecule has 1 amide bonds. The van der Waals surface area contributed by atoms with Gasteiger partial charge in [-0.25, -0.2) is 0 Å². The first-order valence-electron chi connectivity index (χ1n) is 13.4. The van der Waals surface area contributed by atoms with Crippen molar-refractivity contribution in [1.82, 2.24) is 9.80 Å². The zero-order chi connectivity index (χ0) is 25.1. The number of hydrogen-bond donors (Lipinski definition) is 1. The Kier molecular flexibility index (Phi) is 7.92. The van der Waals surface area contributed by atoms with Crippen LogP contribution in [0.3, 0.4) is 0 Å². The number of amides is 1. The van der Waals surface area contributed by atoms with Gasteiger partial charge in [0.25, 0.3) is 0 Å². The van der Waals surface area contributed by atoms with E-state index in [1.54, 1.807) is 0 Å². The number of fused-ring (bicyclic) bond motifs is 2. The number of carbonyl (C=O) groups is 1. The zero-order valence-corrected chi connectivity index (χ0v) is 22.3. The molecule has 36 heavy (non-hydrogen) atoms. The van der Waals surface area contributed by atoms with E-state index in [9.17, 15) is 4.79 Å². The summed E-state index contributed by atoms with van der Waals surface area (Å²) in [5.74, 6) is 1.93. The SMILES string of the molecule is CC(C)CN(Cc1cc(Cl)c2c(c1)OCCCO2)C(=O)[C@@H]1CCCN(Cc2cccc3c2NCC3)C1. The van der Waals surface area contributed by atoms with E-state index in [4.69, 9.17) is 21.1 Å². The molecule has 1 N–H and O–H groups in total. The number of ether oxygens (including phenoxy) is 2. The molecule has 1 saturated heterocycles. The number of nitrogens with one attached hydrogen (secondary N) is 1. The van der Waals surface area contributed by atoms with Crippen molar-refractivity contribution in [1.29, 1.82) is 0 Å². The van der Waals surface area contributed by atoms with Gasteiger partial charge >= 0.3 is 0 Å². The van der Waals surface area contributed by atoms with Crippen molar-refractivity contribution in [3.8, 4) is 11.5 Å². The van der Waals surface area contributed by atoms with Crippen molar-refractivity contribution in [2.24, 2.45) is 11.8 Å². The molecule has 2 aromatic rings. The van der Waals surface area contributed by atoms with Crippen LogP contribution < -0.4 is 14.8 Å². The second-order valence-corrected chi connectivity index (χ2v) is 11.2. The molecular formula is C29H38ClN3O3. The molecule has 3 heterocycles. The summed E-state index contributed by atoms with van der Waals surface area (Å²) in [4.78, 5) is 18.3. The lowest BCUT2D eigenvalue weighted by atomic mass is 9.95. The lowest BCUT2D eigenvalue weighted by Gasteiger charge is -2.36. The minimum atomic E-state index is 0.0121. The van der Waals surface area contributed by atoms with Crippen LogP contribution in [0.4, 0.5) is 5.69 Å². The summed E-state index contributed by atoms with van der Waals surface area (Å²) >= 11 is 6.55. The number of para-hydroxylation sites is 1. The van der Waals surface area contributed by atoms with Crippen LogP contribution in [0.5, 0.6) is 11.5 Å². The molecule has 3 aliphatic heterocycles. The molecule has 0 unspecified atom stereocenters. The predicted molar refractivity (Wildman–Crippen MR) is 144 cm³/mol. The first kappa shape index (κ1) is 25.2. The molecule has 0 bridgehead atoms. The third-order valence-electron chi connectivity index (χ3n) is 7.31. The first-order valence-corrected chi connectivity index (χ1v) is 13.8. The molecule has 7 heteroatoms. The van der Waals surface area contributed by atoms with E-state index < -0.39 is 0 Å². The van der Waals surface area contributed by atoms with E-state index in [0.29, 0.717) is 42.2 Å². The van der Waals surface area contributed by atoms with Gasteiger partial charge in [-0.1, -0.05) is 43.6 Å². The van der Waals surface area contributed by atoms with Crippen LogP contribution in [0.15, 0.2) is 30.3 Å². The number of carbonyl (C=O) groups excluding carboxylic acids is 1. The third kappa shape index (κ3) is 5.76. The summed E-state index contributed by atoms with van der Waals surface area (Å²) < 4.78 is 11.7. The summed E-state index contributed by atoms with van der Waals surface area (Å²) in [6.45, 7) is 10.5. The summed E-state index contributed by atoms with van der Waals surface area (Å²) in [7, 11) is 0. The number of nitrogens with zero attached hydrogens (tertiary/aromatic N) is 2. The number of rotatable bonds is 7. The predicted octanol–water partition coefficient (Wildman–Crippen LogP) is 5.37. The number of anilines is 1. The van der Waals surface area contributed by atoms with Gasteiger partial charge in [-0.2, -0.15) is 0 Å². The molecule has 0 aliphatic carbocycles. The summed E-state index contributed by atoms with van der Waals surface area (Å²) in [5, 5.41) is 4.11. The molecule has 0 radical (unpaired) electrons. The molecule has 3 aliphatic rings. The fourth-order valence-corrected chi connectivity index (χ4v) is 6.00. The van der Waals surface area contributed by atoms with E-state index in [2.05, 4.69) is 42.3 Å². The van der Waals surface area contributed by atoms with Crippen molar-refractivity contribution in [2.45, 2.75) is 52.6 Å². The molecule has 5 rings (SSSR count). The normalized spacial score (nSPS) is 19.5. The van der Waals surface area contributed by atoms with E-state index in [1.807, 2.05) is 17.0 Å². The maximum Gasteiger partial charge on any atom is 0.227 e. The molecule has 194 valence electrons. The highest BCUT2D eigenvalue weighted by atomic mass is 35.5. The molecule has 1 fully saturated rings. The van der Waals surface area contributed by atoms with Gasteiger partial charge in [0, 0.05) is 44.8 Å². The quantitative estimate of drug-likeness (QED) is 0.542. The molecule has 6 nitrogen and oxygen atoms in total. The fraction of sp³-hybridized carbons (Fsp3) is 0.552. The summed E-state index contributed by atoms with van der Waals surface area (Å²) in [5.41, 5.74) is 5.04. The minimum Gasteiger partial charge on any atom is -0.489 e. The maximum atomic E-state index is 13.9. The lowest BCUT2D eigenvalue weighted by Crippen LogP contribution is -2.45. The van der Waals surface area contributed by atoms with Crippen molar-refractivity contribution in [2.75, 3.05) is 44.7 Å². The van der Waals surface area contributed by atoms with Crippen molar-refractivity contribution < 1.29 is 14.3 Å². The van der Waals surface area contributed by atoms with Crippen LogP contribution in [0.25, 0.3) is 0 Å². The van der Waals surface area contributed by atoms with E-state index in [0.717, 1.165) is 64.0 Å². The van der Waals surface area contributed by atoms with E-state index in [1.165, 1.54) is 16.8 Å². The van der Waals surface area contributed by atoms with Crippen molar-refractivity contribution in [3.05, 3.63) is 52.0 Å². The Balaban J connectivity index is 1.29. The van der Waals surface area contributed by atoms with Gasteiger partial charge in [0.15, 0.2) is 11.5 Å². The van der Waals surface area contributed by atoms with Crippen LogP contribution in [0.2, 0.25) is 5.02 Å². The van der Waals surface area contributed by atoms with Gasteiger partial charge in [0.2, 0.25) is 5.91 Å². The molecular weight excluding hydrogens is 474 g/mol. The van der Waals surface area contributed by atoms with E-state index >= 15 is 0 Å². The average Bonchev–Trinajstić information content (AvgIpc) is 3.22. The van der Waals surface area contributed by atoms with Crippen molar-refractivity contribution in [3.63, 3.8) is 0 Å². The standard InChI is InChI=1S/C29H38ClN3O3/c1-20(2)16-33(17-21-14-25(30)28-26(15-21)35-12-5-13-36-28)29(34)24-8-4-11-32(19-24)18-23-7-3-6-22-9-10-31-27(22)23/h3,6-7,14-15,20,24,31H,4-5,8-13,16-19H2,1-2H3/t24-/m1/s1. The Labute approximate surface area is 219 Å². The Morgan fingerprint density at radius 3 is 2.94 bits per heavy atom. The minimum absolute atomic E-state index is 0.0121. The van der Waals surface area contributed by atoms with Crippen LogP contribution in [0, 0.1) is 11.8 Å². The maximum absolute atomic E-state index is 13.9. The summed E-state index contributed by atoms with van der Waals surface area (Å²) in [6.07, 6.45) is 3.91. The Bertz CT molecular complexity index is 1090. The zero-order valence-electron chi connectivity index (χ0n) is 21.5. The van der Waals surface area contributed by atoms with Crippen LogP contribution in [-0.4, -0.2) is 55.1 Å². The third-order valence-corrected chi connectivity index (χ3v) is 7.60. The van der Waals surface area contributed by atoms with Crippen LogP contribution in [-0.2, 0) is 24.3 Å². The number of benzene rings is 2. The van der Waals surface area contributed by atoms with Crippen LogP contribution >= 0.6 is 11.6 Å². The van der Waals surface area contributed by atoms with Gasteiger partial charge in [0.05, 0.1) is 24.2 Å². The highest BCUT2D eigenvalue weighted by molar-refractivity contribution is 6.32. The van der Waals surface area contributed by atoms with Gasteiger partial charge < -0.3 is 19.7 Å². The van der Waals surface area contributed by atoms with Gasteiger partial charge in [-0.3, -0.25) is 9.69 Å². The average molecular weight is 512 g/mol. The number of likely N-dealkylation sites (tertiary alicyclic amines) is 1. The van der Waals surface area contributed by atoms with E-state index in [-0.39, 0.29) is 11.8 Å². The molecule has 0 aromatic heterocycles. The molecule has 0 spiro atoms. The Morgan fingerprint density at radius 2 is 2.08 bits per heavy atom. The molecule has 1 atom stereocenters. The Hall–Kier alpha value is -2.44. The number of piperidine rings is 1.